The number of nitrogens with two attached hydrogens (primary N) is 1. The van der Waals surface area contributed by atoms with Crippen molar-refractivity contribution in [3.8, 4) is 0 Å². The van der Waals surface area contributed by atoms with Crippen LogP contribution < -0.4 is 5.73 Å². The highest BCUT2D eigenvalue weighted by molar-refractivity contribution is 5.83. The summed E-state index contributed by atoms with van der Waals surface area (Å²) in [5, 5.41) is 1.20. The maximum absolute atomic E-state index is 5.86. The van der Waals surface area contributed by atoms with Crippen LogP contribution in [0.1, 0.15) is 29.8 Å². The Morgan fingerprint density at radius 3 is 2.60 bits per heavy atom. The molecule has 0 radical (unpaired) electrons. The standard InChI is InChI=1S/C13H16N2/c1-8-6-9(2)15-13-5-4-11(10(3)14)7-12(8)13/h4-7,10H,14H2,1-3H3. The van der Waals surface area contributed by atoms with Crippen LogP contribution in [0, 0.1) is 13.8 Å². The normalized spacial score (nSPS) is 13.1. The third-order valence-electron chi connectivity index (χ3n) is 2.69. The van der Waals surface area contributed by atoms with Crippen LogP contribution in [0.4, 0.5) is 0 Å². The Bertz CT molecular complexity index is 501. The van der Waals surface area contributed by atoms with Crippen molar-refractivity contribution in [1.82, 2.24) is 4.98 Å². The first-order valence-electron chi connectivity index (χ1n) is 5.21. The van der Waals surface area contributed by atoms with Gasteiger partial charge in [0, 0.05) is 17.1 Å². The van der Waals surface area contributed by atoms with Crippen LogP contribution in [0.3, 0.4) is 0 Å². The van der Waals surface area contributed by atoms with Gasteiger partial charge >= 0.3 is 0 Å². The second-order valence-electron chi connectivity index (χ2n) is 4.15. The molecule has 0 aliphatic carbocycles. The fourth-order valence-electron chi connectivity index (χ4n) is 1.86. The molecule has 2 rings (SSSR count). The van der Waals surface area contributed by atoms with Gasteiger partial charge in [0.05, 0.1) is 5.52 Å². The Kier molecular flexibility index (Phi) is 2.45. The molecular formula is C13H16N2. The van der Waals surface area contributed by atoms with E-state index in [0.717, 1.165) is 16.8 Å². The van der Waals surface area contributed by atoms with E-state index in [1.54, 1.807) is 0 Å². The van der Waals surface area contributed by atoms with E-state index in [9.17, 15) is 0 Å². The summed E-state index contributed by atoms with van der Waals surface area (Å²) >= 11 is 0. The molecule has 0 amide bonds. The van der Waals surface area contributed by atoms with Gasteiger partial charge in [-0.2, -0.15) is 0 Å². The van der Waals surface area contributed by atoms with E-state index in [0.29, 0.717) is 0 Å². The van der Waals surface area contributed by atoms with E-state index in [-0.39, 0.29) is 6.04 Å². The third-order valence-corrected chi connectivity index (χ3v) is 2.69. The Hall–Kier alpha value is -1.41. The summed E-state index contributed by atoms with van der Waals surface area (Å²) in [5.41, 5.74) is 10.4. The van der Waals surface area contributed by atoms with Crippen molar-refractivity contribution in [2.45, 2.75) is 26.8 Å². The maximum atomic E-state index is 5.86. The van der Waals surface area contributed by atoms with E-state index in [4.69, 9.17) is 5.73 Å². The Labute approximate surface area is 90.1 Å². The first-order chi connectivity index (χ1) is 7.08. The van der Waals surface area contributed by atoms with Crippen LogP contribution in [0.15, 0.2) is 24.3 Å². The van der Waals surface area contributed by atoms with Gasteiger partial charge in [0.1, 0.15) is 0 Å². The molecule has 0 saturated carbocycles. The summed E-state index contributed by atoms with van der Waals surface area (Å²) in [7, 11) is 0. The minimum Gasteiger partial charge on any atom is -0.324 e. The summed E-state index contributed by atoms with van der Waals surface area (Å²) in [6.45, 7) is 6.13. The molecule has 2 nitrogen and oxygen atoms in total. The van der Waals surface area contributed by atoms with Crippen molar-refractivity contribution >= 4 is 10.9 Å². The molecule has 15 heavy (non-hydrogen) atoms. The summed E-state index contributed by atoms with van der Waals surface area (Å²) in [6, 6.07) is 8.43. The predicted molar refractivity (Wildman–Crippen MR) is 63.8 cm³/mol. The van der Waals surface area contributed by atoms with Gasteiger partial charge in [-0.05, 0) is 50.1 Å². The molecule has 0 aliphatic heterocycles. The number of aromatic nitrogens is 1. The highest BCUT2D eigenvalue weighted by Crippen LogP contribution is 2.21. The molecule has 1 unspecified atom stereocenters. The van der Waals surface area contributed by atoms with E-state index in [1.165, 1.54) is 10.9 Å². The van der Waals surface area contributed by atoms with Crippen LogP contribution >= 0.6 is 0 Å². The molecule has 0 spiro atoms. The minimum atomic E-state index is 0.0788. The minimum absolute atomic E-state index is 0.0788. The number of pyridine rings is 1. The van der Waals surface area contributed by atoms with E-state index in [1.807, 2.05) is 19.9 Å². The van der Waals surface area contributed by atoms with Crippen molar-refractivity contribution in [2.24, 2.45) is 5.73 Å². The number of fused-ring (bicyclic) bond motifs is 1. The van der Waals surface area contributed by atoms with Crippen LogP contribution in [-0.4, -0.2) is 4.98 Å². The Morgan fingerprint density at radius 1 is 1.20 bits per heavy atom. The molecule has 1 atom stereocenters. The molecule has 2 heteroatoms. The number of hydrogen-bond acceptors (Lipinski definition) is 2. The Balaban J connectivity index is 2.71. The number of rotatable bonds is 1. The summed E-state index contributed by atoms with van der Waals surface area (Å²) in [4.78, 5) is 4.50. The fraction of sp³-hybridized carbons (Fsp3) is 0.308. The van der Waals surface area contributed by atoms with Gasteiger partial charge in [-0.25, -0.2) is 0 Å². The largest absolute Gasteiger partial charge is 0.324 e. The summed E-state index contributed by atoms with van der Waals surface area (Å²) in [5.74, 6) is 0. The average Bonchev–Trinajstić information content (AvgIpc) is 2.16. The zero-order valence-corrected chi connectivity index (χ0v) is 9.41. The molecule has 1 heterocycles. The lowest BCUT2D eigenvalue weighted by Crippen LogP contribution is -2.04. The summed E-state index contributed by atoms with van der Waals surface area (Å²) in [6.07, 6.45) is 0. The number of aryl methyl sites for hydroxylation is 2. The van der Waals surface area contributed by atoms with Gasteiger partial charge < -0.3 is 5.73 Å². The van der Waals surface area contributed by atoms with Crippen LogP contribution in [0.5, 0.6) is 0 Å². The molecule has 0 aliphatic rings. The highest BCUT2D eigenvalue weighted by Gasteiger charge is 2.04. The van der Waals surface area contributed by atoms with E-state index in [2.05, 4.69) is 30.1 Å². The van der Waals surface area contributed by atoms with Crippen LogP contribution in [0.25, 0.3) is 10.9 Å². The molecule has 78 valence electrons. The SMILES string of the molecule is Cc1cc(C)c2cc(C(C)N)ccc2n1. The second kappa shape index (κ2) is 3.63. The van der Waals surface area contributed by atoms with Crippen molar-refractivity contribution in [3.05, 3.63) is 41.1 Å². The smallest absolute Gasteiger partial charge is 0.0708 e. The number of benzene rings is 1. The third kappa shape index (κ3) is 1.85. The van der Waals surface area contributed by atoms with Crippen molar-refractivity contribution < 1.29 is 0 Å². The molecule has 1 aromatic heterocycles. The number of nitrogens with zero attached hydrogens (tertiary/aromatic N) is 1. The van der Waals surface area contributed by atoms with Crippen LogP contribution in [0.2, 0.25) is 0 Å². The second-order valence-corrected chi connectivity index (χ2v) is 4.15. The summed E-state index contributed by atoms with van der Waals surface area (Å²) < 4.78 is 0. The van der Waals surface area contributed by atoms with Gasteiger partial charge in [-0.1, -0.05) is 6.07 Å². The maximum Gasteiger partial charge on any atom is 0.0708 e. The zero-order chi connectivity index (χ0) is 11.0. The van der Waals surface area contributed by atoms with Gasteiger partial charge in [0.25, 0.3) is 0 Å². The van der Waals surface area contributed by atoms with Crippen molar-refractivity contribution in [1.29, 1.82) is 0 Å². The van der Waals surface area contributed by atoms with Crippen LogP contribution in [-0.2, 0) is 0 Å². The zero-order valence-electron chi connectivity index (χ0n) is 9.41. The average molecular weight is 200 g/mol. The van der Waals surface area contributed by atoms with Gasteiger partial charge in [-0.3, -0.25) is 4.98 Å². The first-order valence-corrected chi connectivity index (χ1v) is 5.21. The topological polar surface area (TPSA) is 38.9 Å². The monoisotopic (exact) mass is 200 g/mol. The lowest BCUT2D eigenvalue weighted by molar-refractivity contribution is 0.819. The van der Waals surface area contributed by atoms with Gasteiger partial charge in [-0.15, -0.1) is 0 Å². The lowest BCUT2D eigenvalue weighted by Gasteiger charge is -2.09. The predicted octanol–water partition coefficient (Wildman–Crippen LogP) is 2.87. The fourth-order valence-corrected chi connectivity index (χ4v) is 1.86. The molecular weight excluding hydrogens is 184 g/mol. The molecule has 2 aromatic rings. The van der Waals surface area contributed by atoms with Crippen molar-refractivity contribution in [2.75, 3.05) is 0 Å². The molecule has 1 aromatic carbocycles. The van der Waals surface area contributed by atoms with Crippen molar-refractivity contribution in [3.63, 3.8) is 0 Å². The molecule has 0 saturated heterocycles. The molecule has 0 bridgehead atoms. The lowest BCUT2D eigenvalue weighted by atomic mass is 10.0. The first kappa shape index (κ1) is 10.1. The highest BCUT2D eigenvalue weighted by atomic mass is 14.7. The number of hydrogen-bond donors (Lipinski definition) is 1. The quantitative estimate of drug-likeness (QED) is 0.768. The molecule has 0 fully saturated rings. The van der Waals surface area contributed by atoms with Gasteiger partial charge in [0.15, 0.2) is 0 Å². The molecule has 2 N–H and O–H groups in total. The van der Waals surface area contributed by atoms with E-state index < -0.39 is 0 Å². The Morgan fingerprint density at radius 2 is 1.93 bits per heavy atom. The van der Waals surface area contributed by atoms with Gasteiger partial charge in [0.2, 0.25) is 0 Å². The van der Waals surface area contributed by atoms with E-state index >= 15 is 0 Å².